The number of nitrogens with one attached hydrogen (secondary N) is 1. The van der Waals surface area contributed by atoms with Crippen LogP contribution in [0.5, 0.6) is 0 Å². The number of thiophene rings is 1. The monoisotopic (exact) mass is 262 g/mol. The largest absolute Gasteiger partial charge is 0.317 e. The van der Waals surface area contributed by atoms with Gasteiger partial charge in [-0.3, -0.25) is 4.79 Å². The molecule has 3 heterocycles. The summed E-state index contributed by atoms with van der Waals surface area (Å²) in [5, 5.41) is 6.24. The van der Waals surface area contributed by atoms with Crippen LogP contribution in [0.3, 0.4) is 0 Å². The van der Waals surface area contributed by atoms with Crippen LogP contribution in [-0.4, -0.2) is 17.7 Å². The Kier molecular flexibility index (Phi) is 3.48. The highest BCUT2D eigenvalue weighted by Gasteiger charge is 2.13. The van der Waals surface area contributed by atoms with E-state index in [0.717, 1.165) is 42.1 Å². The summed E-state index contributed by atoms with van der Waals surface area (Å²) in [7, 11) is 0. The molecule has 1 N–H and O–H groups in total. The number of hydrogen-bond donors (Lipinski definition) is 1. The van der Waals surface area contributed by atoms with Crippen molar-refractivity contribution in [3.8, 4) is 0 Å². The summed E-state index contributed by atoms with van der Waals surface area (Å²) in [5.74, 6) is 0.774. The molecule has 0 atom stereocenters. The lowest BCUT2D eigenvalue weighted by atomic mass is 9.95. The Hall–Kier alpha value is -1.13. The maximum Gasteiger partial charge on any atom is 0.259 e. The van der Waals surface area contributed by atoms with Gasteiger partial charge in [0.25, 0.3) is 5.56 Å². The van der Waals surface area contributed by atoms with E-state index in [2.05, 4.69) is 11.4 Å². The lowest BCUT2D eigenvalue weighted by Gasteiger charge is -2.22. The second-order valence-electron chi connectivity index (χ2n) is 4.99. The predicted octanol–water partition coefficient (Wildman–Crippen LogP) is 2.45. The standard InChI is InChI=1S/C14H18N2OS/c17-14-12-5-10-18-13(12)4-9-16(14)8-3-11-1-6-15-7-2-11/h4-5,9-11,15H,1-3,6-8H2. The fourth-order valence-corrected chi connectivity index (χ4v) is 3.45. The van der Waals surface area contributed by atoms with Gasteiger partial charge in [-0.2, -0.15) is 0 Å². The van der Waals surface area contributed by atoms with Gasteiger partial charge in [0.05, 0.1) is 5.39 Å². The fourth-order valence-electron chi connectivity index (χ4n) is 2.67. The summed E-state index contributed by atoms with van der Waals surface area (Å²) < 4.78 is 2.97. The summed E-state index contributed by atoms with van der Waals surface area (Å²) in [4.78, 5) is 12.2. The molecule has 1 aliphatic rings. The molecule has 96 valence electrons. The summed E-state index contributed by atoms with van der Waals surface area (Å²) in [5.41, 5.74) is 0.169. The van der Waals surface area contributed by atoms with E-state index in [-0.39, 0.29) is 5.56 Å². The van der Waals surface area contributed by atoms with Gasteiger partial charge < -0.3 is 9.88 Å². The highest BCUT2D eigenvalue weighted by molar-refractivity contribution is 7.17. The molecule has 0 spiro atoms. The molecular formula is C14H18N2OS. The minimum absolute atomic E-state index is 0.169. The first-order chi connectivity index (χ1) is 8.84. The van der Waals surface area contributed by atoms with Crippen LogP contribution in [0, 0.1) is 5.92 Å². The first-order valence-electron chi connectivity index (χ1n) is 6.62. The Morgan fingerprint density at radius 2 is 2.17 bits per heavy atom. The van der Waals surface area contributed by atoms with Crippen molar-refractivity contribution in [1.29, 1.82) is 0 Å². The minimum atomic E-state index is 0.169. The Morgan fingerprint density at radius 3 is 3.00 bits per heavy atom. The van der Waals surface area contributed by atoms with Crippen molar-refractivity contribution in [3.05, 3.63) is 34.1 Å². The molecule has 0 aromatic carbocycles. The number of aryl methyl sites for hydroxylation is 1. The molecule has 1 aliphatic heterocycles. The first-order valence-corrected chi connectivity index (χ1v) is 7.50. The highest BCUT2D eigenvalue weighted by atomic mass is 32.1. The maximum atomic E-state index is 12.2. The quantitative estimate of drug-likeness (QED) is 0.922. The van der Waals surface area contributed by atoms with Crippen LogP contribution in [0.25, 0.3) is 10.1 Å². The molecule has 18 heavy (non-hydrogen) atoms. The number of pyridine rings is 1. The Balaban J connectivity index is 1.74. The van der Waals surface area contributed by atoms with Crippen LogP contribution in [0.4, 0.5) is 0 Å². The van der Waals surface area contributed by atoms with Crippen molar-refractivity contribution in [1.82, 2.24) is 9.88 Å². The SMILES string of the molecule is O=c1c2ccsc2ccn1CCC1CCNCC1. The third-order valence-electron chi connectivity index (χ3n) is 3.83. The van der Waals surface area contributed by atoms with Gasteiger partial charge in [-0.25, -0.2) is 0 Å². The molecule has 2 aromatic heterocycles. The van der Waals surface area contributed by atoms with E-state index >= 15 is 0 Å². The number of nitrogens with zero attached hydrogens (tertiary/aromatic N) is 1. The van der Waals surface area contributed by atoms with E-state index in [1.54, 1.807) is 11.3 Å². The van der Waals surface area contributed by atoms with E-state index in [1.165, 1.54) is 12.8 Å². The molecule has 1 saturated heterocycles. The van der Waals surface area contributed by atoms with E-state index in [0.29, 0.717) is 0 Å². The van der Waals surface area contributed by atoms with Gasteiger partial charge in [0.2, 0.25) is 0 Å². The summed E-state index contributed by atoms with van der Waals surface area (Å²) in [6, 6.07) is 3.99. The molecule has 0 saturated carbocycles. The molecular weight excluding hydrogens is 244 g/mol. The minimum Gasteiger partial charge on any atom is -0.317 e. The van der Waals surface area contributed by atoms with Crippen molar-refractivity contribution in [2.75, 3.05) is 13.1 Å². The lowest BCUT2D eigenvalue weighted by molar-refractivity contribution is 0.336. The molecule has 0 unspecified atom stereocenters. The van der Waals surface area contributed by atoms with Crippen LogP contribution in [0.1, 0.15) is 19.3 Å². The molecule has 4 heteroatoms. The van der Waals surface area contributed by atoms with Crippen LogP contribution in [0.15, 0.2) is 28.5 Å². The second kappa shape index (κ2) is 5.24. The molecule has 1 fully saturated rings. The van der Waals surface area contributed by atoms with Gasteiger partial charge in [0, 0.05) is 17.4 Å². The smallest absolute Gasteiger partial charge is 0.259 e. The number of fused-ring (bicyclic) bond motifs is 1. The molecule has 3 rings (SSSR count). The van der Waals surface area contributed by atoms with Gasteiger partial charge in [-0.1, -0.05) is 0 Å². The molecule has 0 bridgehead atoms. The third kappa shape index (κ3) is 2.35. The van der Waals surface area contributed by atoms with Crippen molar-refractivity contribution < 1.29 is 0 Å². The zero-order valence-electron chi connectivity index (χ0n) is 10.4. The Morgan fingerprint density at radius 1 is 1.33 bits per heavy atom. The second-order valence-corrected chi connectivity index (χ2v) is 5.94. The third-order valence-corrected chi connectivity index (χ3v) is 4.71. The number of aromatic nitrogens is 1. The first kappa shape index (κ1) is 11.9. The molecule has 3 nitrogen and oxygen atoms in total. The van der Waals surface area contributed by atoms with Crippen LogP contribution in [0.2, 0.25) is 0 Å². The maximum absolute atomic E-state index is 12.2. The molecule has 0 amide bonds. The number of piperidine rings is 1. The Labute approximate surface area is 110 Å². The number of hydrogen-bond acceptors (Lipinski definition) is 3. The van der Waals surface area contributed by atoms with E-state index < -0.39 is 0 Å². The number of rotatable bonds is 3. The average molecular weight is 262 g/mol. The van der Waals surface area contributed by atoms with E-state index in [4.69, 9.17) is 0 Å². The van der Waals surface area contributed by atoms with E-state index in [1.807, 2.05) is 22.2 Å². The zero-order valence-corrected chi connectivity index (χ0v) is 11.2. The van der Waals surface area contributed by atoms with Gasteiger partial charge in [-0.15, -0.1) is 11.3 Å². The molecule has 0 radical (unpaired) electrons. The highest BCUT2D eigenvalue weighted by Crippen LogP contribution is 2.18. The Bertz CT molecular complexity index is 581. The van der Waals surface area contributed by atoms with Crippen LogP contribution in [-0.2, 0) is 6.54 Å². The summed E-state index contributed by atoms with van der Waals surface area (Å²) in [6.45, 7) is 3.11. The predicted molar refractivity (Wildman–Crippen MR) is 76.3 cm³/mol. The zero-order chi connectivity index (χ0) is 12.4. The normalized spacial score (nSPS) is 17.3. The molecule has 0 aliphatic carbocycles. The van der Waals surface area contributed by atoms with E-state index in [9.17, 15) is 4.79 Å². The molecule has 2 aromatic rings. The topological polar surface area (TPSA) is 34.0 Å². The van der Waals surface area contributed by atoms with Crippen LogP contribution >= 0.6 is 11.3 Å². The van der Waals surface area contributed by atoms with Gasteiger partial charge in [0.15, 0.2) is 0 Å². The van der Waals surface area contributed by atoms with Crippen molar-refractivity contribution in [2.45, 2.75) is 25.8 Å². The fraction of sp³-hybridized carbons (Fsp3) is 0.500. The van der Waals surface area contributed by atoms with Gasteiger partial charge in [0.1, 0.15) is 0 Å². The summed E-state index contributed by atoms with van der Waals surface area (Å²) in [6.07, 6.45) is 5.56. The van der Waals surface area contributed by atoms with Gasteiger partial charge >= 0.3 is 0 Å². The van der Waals surface area contributed by atoms with Crippen molar-refractivity contribution in [3.63, 3.8) is 0 Å². The van der Waals surface area contributed by atoms with Crippen molar-refractivity contribution >= 4 is 21.4 Å². The van der Waals surface area contributed by atoms with Crippen LogP contribution < -0.4 is 10.9 Å². The summed E-state index contributed by atoms with van der Waals surface area (Å²) >= 11 is 1.63. The average Bonchev–Trinajstić information content (AvgIpc) is 2.88. The van der Waals surface area contributed by atoms with Gasteiger partial charge in [-0.05, 0) is 55.8 Å². The lowest BCUT2D eigenvalue weighted by Crippen LogP contribution is -2.29. The van der Waals surface area contributed by atoms with Crippen molar-refractivity contribution in [2.24, 2.45) is 5.92 Å².